The van der Waals surface area contributed by atoms with Crippen molar-refractivity contribution in [3.8, 4) is 0 Å². The lowest BCUT2D eigenvalue weighted by Crippen LogP contribution is -2.61. The van der Waals surface area contributed by atoms with Crippen LogP contribution in [0.25, 0.3) is 0 Å². The van der Waals surface area contributed by atoms with E-state index < -0.39 is 0 Å². The first-order chi connectivity index (χ1) is 27.3. The van der Waals surface area contributed by atoms with Crippen LogP contribution in [0.3, 0.4) is 0 Å². The smallest absolute Gasteiger partial charge is 0.252 e. The highest BCUT2D eigenvalue weighted by atomic mass is 15.2. The summed E-state index contributed by atoms with van der Waals surface area (Å²) in [6, 6.07) is 35.1. The first kappa shape index (κ1) is 39.2. The van der Waals surface area contributed by atoms with Crippen molar-refractivity contribution in [1.82, 2.24) is 0 Å². The number of hydrogen-bond donors (Lipinski definition) is 0. The van der Waals surface area contributed by atoms with Crippen LogP contribution in [0.1, 0.15) is 166 Å². The maximum absolute atomic E-state index is 2.67. The van der Waals surface area contributed by atoms with E-state index in [0.717, 1.165) is 0 Å². The van der Waals surface area contributed by atoms with Crippen molar-refractivity contribution >= 4 is 57.2 Å². The van der Waals surface area contributed by atoms with E-state index in [4.69, 9.17) is 0 Å². The molecule has 58 heavy (non-hydrogen) atoms. The predicted octanol–water partition coefficient (Wildman–Crippen LogP) is 13.5. The van der Waals surface area contributed by atoms with E-state index in [9.17, 15) is 0 Å². The fourth-order valence-corrected chi connectivity index (χ4v) is 10.5. The normalized spacial score (nSPS) is 16.9. The maximum Gasteiger partial charge on any atom is 0.252 e. The molecule has 0 radical (unpaired) electrons. The number of fused-ring (bicyclic) bond motifs is 5. The van der Waals surface area contributed by atoms with E-state index in [1.54, 1.807) is 5.56 Å². The van der Waals surface area contributed by atoms with E-state index in [0.29, 0.717) is 5.92 Å². The predicted molar refractivity (Wildman–Crippen MR) is 253 cm³/mol. The average molecular weight is 767 g/mol. The highest BCUT2D eigenvalue weighted by Crippen LogP contribution is 2.48. The van der Waals surface area contributed by atoms with E-state index in [1.807, 2.05) is 0 Å². The van der Waals surface area contributed by atoms with Gasteiger partial charge in [0.15, 0.2) is 0 Å². The summed E-state index contributed by atoms with van der Waals surface area (Å²) in [4.78, 5) is 5.33. The standard InChI is InChI=1S/C55H67BN2/c1-52(2,3)39-29-40(53(4,5)6)32-43(31-39)57-47-25-24-38(35-18-14-13-15-19-35)27-45(47)56-46-26-36-20-16-21-37(36)28-50(46)58(49-23-17-22-48(57)51(49)56)44-33-41(54(7,8)9)30-42(34-44)55(10,11)12/h17,22-35H,13-16,18-21H2,1-12H3. The van der Waals surface area contributed by atoms with Gasteiger partial charge in [0.25, 0.3) is 6.71 Å². The molecule has 2 aliphatic heterocycles. The van der Waals surface area contributed by atoms with E-state index >= 15 is 0 Å². The molecule has 0 spiro atoms. The molecule has 300 valence electrons. The lowest BCUT2D eigenvalue weighted by Gasteiger charge is -2.45. The second-order valence-electron chi connectivity index (χ2n) is 22.5. The van der Waals surface area contributed by atoms with Crippen molar-refractivity contribution in [2.45, 2.75) is 162 Å². The molecule has 0 amide bonds. The van der Waals surface area contributed by atoms with Crippen molar-refractivity contribution in [1.29, 1.82) is 0 Å². The molecule has 5 aromatic carbocycles. The molecule has 0 N–H and O–H groups in total. The van der Waals surface area contributed by atoms with Crippen LogP contribution in [0, 0.1) is 0 Å². The highest BCUT2D eigenvalue weighted by Gasteiger charge is 2.44. The summed E-state index contributed by atoms with van der Waals surface area (Å²) in [6.07, 6.45) is 10.2. The summed E-state index contributed by atoms with van der Waals surface area (Å²) in [5.74, 6) is 0.636. The first-order valence-electron chi connectivity index (χ1n) is 22.6. The maximum atomic E-state index is 2.67. The summed E-state index contributed by atoms with van der Waals surface area (Å²) < 4.78 is 0. The Labute approximate surface area is 351 Å². The molecule has 3 heteroatoms. The zero-order valence-corrected chi connectivity index (χ0v) is 37.8. The number of hydrogen-bond acceptors (Lipinski definition) is 2. The summed E-state index contributed by atoms with van der Waals surface area (Å²) in [6.45, 7) is 28.5. The molecular formula is C55H67BN2. The summed E-state index contributed by atoms with van der Waals surface area (Å²) >= 11 is 0. The van der Waals surface area contributed by atoms with Crippen LogP contribution < -0.4 is 26.2 Å². The molecule has 0 saturated heterocycles. The topological polar surface area (TPSA) is 6.48 Å². The minimum atomic E-state index is 0.0110. The summed E-state index contributed by atoms with van der Waals surface area (Å²) in [5.41, 5.74) is 22.5. The van der Waals surface area contributed by atoms with Gasteiger partial charge in [-0.1, -0.05) is 139 Å². The third kappa shape index (κ3) is 6.73. The van der Waals surface area contributed by atoms with Crippen LogP contribution in [0.15, 0.2) is 84.9 Å². The molecule has 2 aliphatic carbocycles. The van der Waals surface area contributed by atoms with Gasteiger partial charge in [-0.05, 0) is 164 Å². The molecule has 0 unspecified atom stereocenters. The molecule has 9 rings (SSSR count). The Morgan fingerprint density at radius 1 is 0.448 bits per heavy atom. The quantitative estimate of drug-likeness (QED) is 0.165. The minimum absolute atomic E-state index is 0.0110. The SMILES string of the molecule is CC(C)(C)c1cc(N2c3ccc(C4CCCCC4)cc3B3c4cc5c(cc4N(c4cc(C(C)(C)C)cc(C(C)(C)C)c4)c4cccc2c43)CCC5)cc(C(C)(C)C)c1. The third-order valence-corrected chi connectivity index (χ3v) is 14.1. The molecule has 2 nitrogen and oxygen atoms in total. The molecular weight excluding hydrogens is 699 g/mol. The van der Waals surface area contributed by atoms with Crippen LogP contribution in [-0.4, -0.2) is 6.71 Å². The Morgan fingerprint density at radius 2 is 0.914 bits per heavy atom. The number of aryl methyl sites for hydroxylation is 2. The van der Waals surface area contributed by atoms with Crippen LogP contribution in [0.2, 0.25) is 0 Å². The largest absolute Gasteiger partial charge is 0.311 e. The van der Waals surface area contributed by atoms with Gasteiger partial charge in [-0.15, -0.1) is 0 Å². The van der Waals surface area contributed by atoms with E-state index in [1.165, 1.54) is 135 Å². The number of anilines is 6. The average Bonchev–Trinajstić information content (AvgIpc) is 3.63. The van der Waals surface area contributed by atoms with Gasteiger partial charge in [-0.25, -0.2) is 0 Å². The lowest BCUT2D eigenvalue weighted by atomic mass is 9.33. The molecule has 0 bridgehead atoms. The van der Waals surface area contributed by atoms with Gasteiger partial charge in [0.05, 0.1) is 0 Å². The monoisotopic (exact) mass is 767 g/mol. The third-order valence-electron chi connectivity index (χ3n) is 14.1. The molecule has 1 fully saturated rings. The zero-order chi connectivity index (χ0) is 41.1. The van der Waals surface area contributed by atoms with Gasteiger partial charge in [-0.2, -0.15) is 0 Å². The number of nitrogens with zero attached hydrogens (tertiary/aromatic N) is 2. The van der Waals surface area contributed by atoms with Crippen molar-refractivity contribution in [2.75, 3.05) is 9.80 Å². The Morgan fingerprint density at radius 3 is 1.41 bits per heavy atom. The van der Waals surface area contributed by atoms with Crippen LogP contribution in [0.4, 0.5) is 34.1 Å². The zero-order valence-electron chi connectivity index (χ0n) is 37.8. The fraction of sp³-hybridized carbons (Fsp3) is 0.455. The second-order valence-corrected chi connectivity index (χ2v) is 22.5. The molecule has 5 aromatic rings. The van der Waals surface area contributed by atoms with Gasteiger partial charge in [0.2, 0.25) is 0 Å². The fourth-order valence-electron chi connectivity index (χ4n) is 10.5. The van der Waals surface area contributed by atoms with Gasteiger partial charge >= 0.3 is 0 Å². The molecule has 2 heterocycles. The molecule has 0 aromatic heterocycles. The van der Waals surface area contributed by atoms with Crippen LogP contribution in [0.5, 0.6) is 0 Å². The van der Waals surface area contributed by atoms with Gasteiger partial charge in [0.1, 0.15) is 0 Å². The van der Waals surface area contributed by atoms with Crippen molar-refractivity contribution < 1.29 is 0 Å². The molecule has 4 aliphatic rings. The summed E-state index contributed by atoms with van der Waals surface area (Å²) in [7, 11) is 0. The lowest BCUT2D eigenvalue weighted by molar-refractivity contribution is 0.444. The minimum Gasteiger partial charge on any atom is -0.311 e. The molecule has 1 saturated carbocycles. The van der Waals surface area contributed by atoms with Crippen molar-refractivity contribution in [3.05, 3.63) is 124 Å². The number of benzene rings is 5. The van der Waals surface area contributed by atoms with Crippen molar-refractivity contribution in [3.63, 3.8) is 0 Å². The Kier molecular flexibility index (Phi) is 9.24. The van der Waals surface area contributed by atoms with E-state index in [2.05, 4.69) is 178 Å². The van der Waals surface area contributed by atoms with Crippen LogP contribution >= 0.6 is 0 Å². The Bertz CT molecular complexity index is 2350. The van der Waals surface area contributed by atoms with Crippen molar-refractivity contribution in [2.24, 2.45) is 0 Å². The van der Waals surface area contributed by atoms with Crippen LogP contribution in [-0.2, 0) is 34.5 Å². The first-order valence-corrected chi connectivity index (χ1v) is 22.6. The summed E-state index contributed by atoms with van der Waals surface area (Å²) in [5, 5.41) is 0. The Hall–Kier alpha value is -4.24. The highest BCUT2D eigenvalue weighted by molar-refractivity contribution is 7.00. The van der Waals surface area contributed by atoms with Gasteiger partial charge in [-0.3, -0.25) is 0 Å². The number of rotatable bonds is 3. The van der Waals surface area contributed by atoms with E-state index in [-0.39, 0.29) is 28.4 Å². The van der Waals surface area contributed by atoms with Gasteiger partial charge < -0.3 is 9.80 Å². The Balaban J connectivity index is 1.37. The van der Waals surface area contributed by atoms with Gasteiger partial charge in [0, 0.05) is 34.1 Å². The molecule has 0 atom stereocenters. The second kappa shape index (κ2) is 13.7.